The molecule has 0 spiro atoms. The smallest absolute Gasteiger partial charge is 0.246 e. The number of amides is 3. The van der Waals surface area contributed by atoms with E-state index < -0.39 is 29.2 Å². The summed E-state index contributed by atoms with van der Waals surface area (Å²) in [5, 5.41) is 38.1. The largest absolute Gasteiger partial charge is 0.485 e. The van der Waals surface area contributed by atoms with E-state index in [4.69, 9.17) is 9.47 Å². The zero-order valence-corrected chi connectivity index (χ0v) is 48.4. The maximum atomic E-state index is 14.2. The van der Waals surface area contributed by atoms with Gasteiger partial charge in [-0.25, -0.2) is 4.98 Å². The molecular formula is C63H80N8O7S. The van der Waals surface area contributed by atoms with Gasteiger partial charge in [0.05, 0.1) is 33.5 Å². The van der Waals surface area contributed by atoms with Crippen molar-refractivity contribution in [2.45, 2.75) is 182 Å². The first-order valence-corrected chi connectivity index (χ1v) is 29.0. The van der Waals surface area contributed by atoms with Crippen LogP contribution in [-0.4, -0.2) is 101 Å². The van der Waals surface area contributed by atoms with Gasteiger partial charge in [0.15, 0.2) is 11.5 Å². The Balaban J connectivity index is 0.770. The van der Waals surface area contributed by atoms with Gasteiger partial charge in [-0.1, -0.05) is 115 Å². The summed E-state index contributed by atoms with van der Waals surface area (Å²) in [5.74, 6) is 0.453. The van der Waals surface area contributed by atoms with Crippen LogP contribution in [0.4, 0.5) is 0 Å². The lowest BCUT2D eigenvalue weighted by atomic mass is 9.75. The Morgan fingerprint density at radius 3 is 2.14 bits per heavy atom. The van der Waals surface area contributed by atoms with Gasteiger partial charge in [-0.2, -0.15) is 0 Å². The van der Waals surface area contributed by atoms with Crippen LogP contribution < -0.4 is 20.1 Å². The van der Waals surface area contributed by atoms with Gasteiger partial charge in [0.1, 0.15) is 25.3 Å². The summed E-state index contributed by atoms with van der Waals surface area (Å²) in [6.45, 7) is 20.9. The SMILES string of the molecule is Cc1cc(C)cc(COc2cc3c(cc2OCc2cc(C)cc(C)c2)C2CC(O)(Cc4cn(CCCCCC(=O)N[C@H](C(=O)N5C[C@H](O)C[C@H]5C(=O)NCc5ccc(-c6scnc6C)cc5)C(C)(C)C)nn4)CC(C)N2CC3)c1. The number of likely N-dealkylation sites (tertiary alicyclic amines) is 1. The number of carbonyl (C=O) groups excluding carboxylic acids is 3. The van der Waals surface area contributed by atoms with Crippen molar-refractivity contribution >= 4 is 29.1 Å². The standard InChI is InChI=1S/C63H80N8O7S/c1-39-21-40(2)24-46(23-39)36-77-55-27-49-18-20-70-43(5)30-63(76,32-54(70)52(49)29-56(55)78-37-47-25-41(3)22-42(4)26-47)31-50-34-69(68-67-50)19-12-10-11-13-57(73)66-59(62(7,8)9)61(75)71-35-51(72)28-53(71)60(74)64-33-45-14-16-48(17-15-45)58-44(6)65-38-79-58/h14-17,21-27,29,34,38,43,51,53-54,59,72,76H,10-13,18-20,28,30-33,35-37H2,1-9H3,(H,64,74)(H,66,73)/t43?,51-,53+,54?,59-,63?/m1/s1. The zero-order valence-electron chi connectivity index (χ0n) is 47.6. The first-order valence-electron chi connectivity index (χ1n) is 28.2. The molecule has 16 heteroatoms. The van der Waals surface area contributed by atoms with E-state index in [1.165, 1.54) is 38.3 Å². The maximum Gasteiger partial charge on any atom is 0.246 e. The number of nitrogens with zero attached hydrogens (tertiary/aromatic N) is 6. The van der Waals surface area contributed by atoms with Crippen LogP contribution in [0.25, 0.3) is 10.4 Å². The van der Waals surface area contributed by atoms with E-state index in [1.54, 1.807) is 11.3 Å². The highest BCUT2D eigenvalue weighted by molar-refractivity contribution is 7.13. The molecule has 420 valence electrons. The van der Waals surface area contributed by atoms with E-state index in [9.17, 15) is 24.6 Å². The summed E-state index contributed by atoms with van der Waals surface area (Å²) in [6, 6.07) is 23.6. The van der Waals surface area contributed by atoms with Crippen molar-refractivity contribution in [2.24, 2.45) is 5.41 Å². The molecule has 2 aromatic heterocycles. The second-order valence-corrected chi connectivity index (χ2v) is 24.8. The van der Waals surface area contributed by atoms with Crippen molar-refractivity contribution in [2.75, 3.05) is 13.1 Å². The minimum absolute atomic E-state index is 0.0111. The Morgan fingerprint density at radius 2 is 1.51 bits per heavy atom. The Morgan fingerprint density at radius 1 is 0.848 bits per heavy atom. The molecule has 4 aromatic carbocycles. The molecule has 3 amide bonds. The van der Waals surface area contributed by atoms with Crippen molar-refractivity contribution in [3.8, 4) is 21.9 Å². The molecule has 2 fully saturated rings. The van der Waals surface area contributed by atoms with Crippen LogP contribution in [0.3, 0.4) is 0 Å². The number of unbranched alkanes of at least 4 members (excludes halogenated alkanes) is 2. The molecule has 9 rings (SSSR count). The van der Waals surface area contributed by atoms with E-state index in [1.807, 2.05) is 68.3 Å². The average molecular weight is 1090 g/mol. The topological polar surface area (TPSA) is 184 Å². The lowest BCUT2D eigenvalue weighted by Crippen LogP contribution is -2.57. The lowest BCUT2D eigenvalue weighted by Gasteiger charge is -2.50. The molecular weight excluding hydrogens is 1010 g/mol. The van der Waals surface area contributed by atoms with E-state index in [2.05, 4.69) is 114 Å². The monoisotopic (exact) mass is 1090 g/mol. The van der Waals surface area contributed by atoms with Crippen molar-refractivity contribution in [3.05, 3.63) is 146 Å². The predicted octanol–water partition coefficient (Wildman–Crippen LogP) is 9.53. The van der Waals surface area contributed by atoms with Crippen molar-refractivity contribution in [1.82, 2.24) is 40.4 Å². The maximum absolute atomic E-state index is 14.2. The van der Waals surface area contributed by atoms with Crippen LogP contribution in [0.15, 0.2) is 84.5 Å². The highest BCUT2D eigenvalue weighted by Crippen LogP contribution is 2.47. The molecule has 4 N–H and O–H groups in total. The number of ether oxygens (including phenoxy) is 2. The van der Waals surface area contributed by atoms with Crippen molar-refractivity contribution < 1.29 is 34.1 Å². The van der Waals surface area contributed by atoms with Gasteiger partial charge in [-0.3, -0.25) is 24.0 Å². The van der Waals surface area contributed by atoms with Crippen LogP contribution >= 0.6 is 11.3 Å². The molecule has 6 atom stereocenters. The van der Waals surface area contributed by atoms with E-state index in [0.29, 0.717) is 51.2 Å². The van der Waals surface area contributed by atoms with Crippen LogP contribution in [0, 0.1) is 40.0 Å². The number of aliphatic hydroxyl groups is 2. The molecule has 5 heterocycles. The molecule has 79 heavy (non-hydrogen) atoms. The summed E-state index contributed by atoms with van der Waals surface area (Å²) >= 11 is 1.58. The van der Waals surface area contributed by atoms with E-state index in [-0.39, 0.29) is 55.7 Å². The molecule has 0 aliphatic carbocycles. The van der Waals surface area contributed by atoms with Gasteiger partial charge in [0.25, 0.3) is 0 Å². The zero-order chi connectivity index (χ0) is 56.2. The summed E-state index contributed by atoms with van der Waals surface area (Å²) < 4.78 is 15.1. The molecule has 15 nitrogen and oxygen atoms in total. The minimum atomic E-state index is -1.01. The predicted molar refractivity (Wildman–Crippen MR) is 308 cm³/mol. The summed E-state index contributed by atoms with van der Waals surface area (Å²) in [6.07, 6.45) is 5.94. The van der Waals surface area contributed by atoms with Crippen LogP contribution in [0.1, 0.15) is 140 Å². The van der Waals surface area contributed by atoms with Gasteiger partial charge >= 0.3 is 0 Å². The number of thiazole rings is 1. The second-order valence-electron chi connectivity index (χ2n) is 24.0. The second kappa shape index (κ2) is 24.5. The molecule has 0 saturated carbocycles. The highest BCUT2D eigenvalue weighted by Gasteiger charge is 2.46. The molecule has 3 aliphatic rings. The summed E-state index contributed by atoms with van der Waals surface area (Å²) in [5.41, 5.74) is 13.2. The number of hydrogen-bond donors (Lipinski definition) is 4. The van der Waals surface area contributed by atoms with E-state index >= 15 is 0 Å². The summed E-state index contributed by atoms with van der Waals surface area (Å²) in [4.78, 5) is 50.6. The van der Waals surface area contributed by atoms with Crippen molar-refractivity contribution in [1.29, 1.82) is 0 Å². The fourth-order valence-electron chi connectivity index (χ4n) is 12.2. The number of fused-ring (bicyclic) bond motifs is 3. The van der Waals surface area contributed by atoms with Crippen molar-refractivity contribution in [3.63, 3.8) is 0 Å². The number of aromatic nitrogens is 4. The summed E-state index contributed by atoms with van der Waals surface area (Å²) in [7, 11) is 0. The molecule has 0 bridgehead atoms. The third-order valence-electron chi connectivity index (χ3n) is 15.9. The number of aliphatic hydroxyl groups excluding tert-OH is 1. The van der Waals surface area contributed by atoms with Gasteiger partial charge in [-0.05, 0) is 125 Å². The Bertz CT molecular complexity index is 3090. The highest BCUT2D eigenvalue weighted by atomic mass is 32.1. The number of rotatable bonds is 20. The van der Waals surface area contributed by atoms with E-state index in [0.717, 1.165) is 70.1 Å². The first-order chi connectivity index (χ1) is 37.7. The number of hydrogen-bond acceptors (Lipinski definition) is 12. The molecule has 3 unspecified atom stereocenters. The third-order valence-corrected chi connectivity index (χ3v) is 16.8. The van der Waals surface area contributed by atoms with Crippen LogP contribution in [0.2, 0.25) is 0 Å². The fourth-order valence-corrected chi connectivity index (χ4v) is 13.0. The van der Waals surface area contributed by atoms with Crippen LogP contribution in [0.5, 0.6) is 11.5 Å². The van der Waals surface area contributed by atoms with Gasteiger partial charge < -0.3 is 35.2 Å². The fraction of sp³-hybridized carbons (Fsp3) is 0.492. The number of piperidine rings is 1. The molecule has 2 saturated heterocycles. The minimum Gasteiger partial charge on any atom is -0.485 e. The third kappa shape index (κ3) is 14.3. The molecule has 3 aliphatic heterocycles. The molecule has 0 radical (unpaired) electrons. The number of nitrogens with one attached hydrogen (secondary N) is 2. The average Bonchev–Trinajstić information content (AvgIpc) is 4.31. The normalized spacial score (nSPS) is 20.6. The Labute approximate surface area is 470 Å². The van der Waals surface area contributed by atoms with Crippen LogP contribution in [-0.2, 0) is 53.5 Å². The van der Waals surface area contributed by atoms with Gasteiger partial charge in [0, 0.05) is 63.7 Å². The van der Waals surface area contributed by atoms with Gasteiger partial charge in [0.2, 0.25) is 17.7 Å². The van der Waals surface area contributed by atoms with Gasteiger partial charge in [-0.15, -0.1) is 16.4 Å². The number of β-amino-alcohol motifs (C(OH)–C–C–N with tert-alkyl or cyclic N) is 1. The lowest BCUT2D eigenvalue weighted by molar-refractivity contribution is -0.144. The number of benzene rings is 4. The molecule has 6 aromatic rings. The number of aryl methyl sites for hydroxylation is 6. The first kappa shape index (κ1) is 57.2. The Kier molecular flexibility index (Phi) is 17.7. The number of carbonyl (C=O) groups is 3. The Hall–Kier alpha value is -6.46. The quantitative estimate of drug-likeness (QED) is 0.0534.